The van der Waals surface area contributed by atoms with Gasteiger partial charge in [-0.3, -0.25) is 14.0 Å². The Morgan fingerprint density at radius 3 is 2.68 bits per heavy atom. The van der Waals surface area contributed by atoms with E-state index in [0.717, 1.165) is 5.69 Å². The summed E-state index contributed by atoms with van der Waals surface area (Å²) in [4.78, 5) is 32.8. The minimum atomic E-state index is -0.510. The van der Waals surface area contributed by atoms with Gasteiger partial charge >= 0.3 is 0 Å². The standard InChI is InChI=1S/C17H12N6O2/c24-16(14-9-19-15-3-1-2-8-22(15)17(14)25)21-12-4-6-13(7-5-12)23-11-18-10-20-23/h1-11H,(H,21,24). The van der Waals surface area contributed by atoms with Crippen molar-refractivity contribution >= 4 is 17.2 Å². The van der Waals surface area contributed by atoms with Crippen molar-refractivity contribution in [3.8, 4) is 5.69 Å². The van der Waals surface area contributed by atoms with E-state index in [1.54, 1.807) is 59.7 Å². The maximum atomic E-state index is 12.4. The Kier molecular flexibility index (Phi) is 3.55. The number of hydrogen-bond donors (Lipinski definition) is 1. The fourth-order valence-electron chi connectivity index (χ4n) is 2.42. The van der Waals surface area contributed by atoms with Crippen LogP contribution in [0.3, 0.4) is 0 Å². The highest BCUT2D eigenvalue weighted by atomic mass is 16.2. The molecule has 0 aliphatic rings. The highest BCUT2D eigenvalue weighted by molar-refractivity contribution is 6.03. The summed E-state index contributed by atoms with van der Waals surface area (Å²) in [5.41, 5.74) is 1.42. The average molecular weight is 332 g/mol. The van der Waals surface area contributed by atoms with Gasteiger partial charge in [-0.15, -0.1) is 0 Å². The number of amides is 1. The van der Waals surface area contributed by atoms with Crippen LogP contribution in [0.25, 0.3) is 11.3 Å². The number of pyridine rings is 1. The maximum absolute atomic E-state index is 12.4. The normalized spacial score (nSPS) is 10.7. The summed E-state index contributed by atoms with van der Waals surface area (Å²) in [7, 11) is 0. The second-order valence-corrected chi connectivity index (χ2v) is 5.25. The Morgan fingerprint density at radius 1 is 1.08 bits per heavy atom. The van der Waals surface area contributed by atoms with E-state index in [2.05, 4.69) is 20.4 Å². The van der Waals surface area contributed by atoms with Crippen LogP contribution in [0.4, 0.5) is 5.69 Å². The molecule has 3 aromatic heterocycles. The summed E-state index contributed by atoms with van der Waals surface area (Å²) >= 11 is 0. The van der Waals surface area contributed by atoms with Gasteiger partial charge < -0.3 is 5.32 Å². The fourth-order valence-corrected chi connectivity index (χ4v) is 2.42. The van der Waals surface area contributed by atoms with Crippen LogP contribution < -0.4 is 10.9 Å². The number of hydrogen-bond acceptors (Lipinski definition) is 5. The van der Waals surface area contributed by atoms with Crippen molar-refractivity contribution in [2.75, 3.05) is 5.32 Å². The number of anilines is 1. The molecule has 0 atom stereocenters. The first-order valence-electron chi connectivity index (χ1n) is 7.45. The second-order valence-electron chi connectivity index (χ2n) is 5.25. The summed E-state index contributed by atoms with van der Waals surface area (Å²) < 4.78 is 2.94. The van der Waals surface area contributed by atoms with Crippen molar-refractivity contribution in [3.05, 3.63) is 83.4 Å². The zero-order valence-electron chi connectivity index (χ0n) is 12.9. The smallest absolute Gasteiger partial charge is 0.270 e. The number of fused-ring (bicyclic) bond motifs is 1. The lowest BCUT2D eigenvalue weighted by molar-refractivity contribution is 0.102. The Bertz CT molecular complexity index is 1100. The molecule has 0 aliphatic heterocycles. The van der Waals surface area contributed by atoms with Gasteiger partial charge in [0.1, 0.15) is 23.9 Å². The Hall–Kier alpha value is -3.81. The zero-order chi connectivity index (χ0) is 17.2. The van der Waals surface area contributed by atoms with Crippen molar-refractivity contribution in [1.29, 1.82) is 0 Å². The highest BCUT2D eigenvalue weighted by Gasteiger charge is 2.13. The van der Waals surface area contributed by atoms with Crippen molar-refractivity contribution in [3.63, 3.8) is 0 Å². The molecule has 25 heavy (non-hydrogen) atoms. The van der Waals surface area contributed by atoms with Crippen LogP contribution in [0.15, 0.2) is 72.3 Å². The zero-order valence-corrected chi connectivity index (χ0v) is 12.9. The molecule has 4 rings (SSSR count). The number of benzene rings is 1. The van der Waals surface area contributed by atoms with Crippen LogP contribution in [0.1, 0.15) is 10.4 Å². The predicted octanol–water partition coefficient (Wildman–Crippen LogP) is 1.53. The monoisotopic (exact) mass is 332 g/mol. The van der Waals surface area contributed by atoms with Crippen LogP contribution >= 0.6 is 0 Å². The van der Waals surface area contributed by atoms with E-state index in [4.69, 9.17) is 0 Å². The average Bonchev–Trinajstić information content (AvgIpc) is 3.17. The van der Waals surface area contributed by atoms with Crippen LogP contribution in [0, 0.1) is 0 Å². The Morgan fingerprint density at radius 2 is 1.92 bits per heavy atom. The molecule has 1 amide bonds. The summed E-state index contributed by atoms with van der Waals surface area (Å²) in [6.07, 6.45) is 5.89. The van der Waals surface area contributed by atoms with E-state index in [1.165, 1.54) is 16.9 Å². The molecule has 8 heteroatoms. The van der Waals surface area contributed by atoms with Gasteiger partial charge in [0.05, 0.1) is 5.69 Å². The molecule has 1 N–H and O–H groups in total. The van der Waals surface area contributed by atoms with E-state index in [1.807, 2.05) is 0 Å². The molecule has 122 valence electrons. The SMILES string of the molecule is O=C(Nc1ccc(-n2cncn2)cc1)c1cnc2ccccn2c1=O. The van der Waals surface area contributed by atoms with Gasteiger partial charge in [-0.05, 0) is 36.4 Å². The quantitative estimate of drug-likeness (QED) is 0.614. The molecule has 1 aromatic carbocycles. The lowest BCUT2D eigenvalue weighted by Gasteiger charge is -2.07. The van der Waals surface area contributed by atoms with Gasteiger partial charge in [0, 0.05) is 18.1 Å². The van der Waals surface area contributed by atoms with Gasteiger partial charge in [-0.2, -0.15) is 5.10 Å². The van der Waals surface area contributed by atoms with Crippen LogP contribution in [-0.4, -0.2) is 30.1 Å². The van der Waals surface area contributed by atoms with Crippen LogP contribution in [-0.2, 0) is 0 Å². The molecule has 0 saturated heterocycles. The van der Waals surface area contributed by atoms with Crippen LogP contribution in [0.2, 0.25) is 0 Å². The molecule has 0 saturated carbocycles. The maximum Gasteiger partial charge on any atom is 0.270 e. The Balaban J connectivity index is 1.60. The first-order chi connectivity index (χ1) is 12.2. The van der Waals surface area contributed by atoms with E-state index in [9.17, 15) is 9.59 Å². The van der Waals surface area contributed by atoms with E-state index < -0.39 is 11.5 Å². The fraction of sp³-hybridized carbons (Fsp3) is 0. The summed E-state index contributed by atoms with van der Waals surface area (Å²) in [6, 6.07) is 12.2. The van der Waals surface area contributed by atoms with Gasteiger partial charge in [0.2, 0.25) is 0 Å². The van der Waals surface area contributed by atoms with E-state index in [-0.39, 0.29) is 5.56 Å². The number of carbonyl (C=O) groups is 1. The summed E-state index contributed by atoms with van der Waals surface area (Å²) in [6.45, 7) is 0. The third-order valence-corrected chi connectivity index (χ3v) is 3.67. The lowest BCUT2D eigenvalue weighted by Crippen LogP contribution is -2.26. The van der Waals surface area contributed by atoms with E-state index >= 15 is 0 Å². The third-order valence-electron chi connectivity index (χ3n) is 3.67. The first kappa shape index (κ1) is 14.8. The first-order valence-corrected chi connectivity index (χ1v) is 7.45. The minimum Gasteiger partial charge on any atom is -0.322 e. The largest absolute Gasteiger partial charge is 0.322 e. The van der Waals surface area contributed by atoms with Crippen molar-refractivity contribution in [2.24, 2.45) is 0 Å². The van der Waals surface area contributed by atoms with Gasteiger partial charge in [0.25, 0.3) is 11.5 Å². The molecule has 0 radical (unpaired) electrons. The lowest BCUT2D eigenvalue weighted by atomic mass is 10.2. The summed E-state index contributed by atoms with van der Waals surface area (Å²) in [5.74, 6) is -0.510. The molecular formula is C17H12N6O2. The number of rotatable bonds is 3. The molecule has 0 bridgehead atoms. The molecule has 8 nitrogen and oxygen atoms in total. The number of nitrogens with one attached hydrogen (secondary N) is 1. The molecule has 0 unspecified atom stereocenters. The second kappa shape index (κ2) is 6.00. The highest BCUT2D eigenvalue weighted by Crippen LogP contribution is 2.13. The van der Waals surface area contributed by atoms with Crippen molar-refractivity contribution in [1.82, 2.24) is 24.1 Å². The minimum absolute atomic E-state index is 0.0240. The van der Waals surface area contributed by atoms with Crippen molar-refractivity contribution in [2.45, 2.75) is 0 Å². The Labute approximate surface area is 141 Å². The molecule has 0 fully saturated rings. The van der Waals surface area contributed by atoms with Gasteiger partial charge in [-0.25, -0.2) is 14.6 Å². The molecule has 0 aliphatic carbocycles. The molecule has 3 heterocycles. The third kappa shape index (κ3) is 2.76. The van der Waals surface area contributed by atoms with Crippen molar-refractivity contribution < 1.29 is 4.79 Å². The number of carbonyl (C=O) groups excluding carboxylic acids is 1. The van der Waals surface area contributed by atoms with E-state index in [0.29, 0.717) is 11.3 Å². The molecular weight excluding hydrogens is 320 g/mol. The molecule has 0 spiro atoms. The predicted molar refractivity (Wildman–Crippen MR) is 90.8 cm³/mol. The summed E-state index contributed by atoms with van der Waals surface area (Å²) in [5, 5.41) is 6.73. The number of aromatic nitrogens is 5. The topological polar surface area (TPSA) is 94.2 Å². The number of nitrogens with zero attached hydrogens (tertiary/aromatic N) is 5. The molecule has 4 aromatic rings. The van der Waals surface area contributed by atoms with Gasteiger partial charge in [-0.1, -0.05) is 6.07 Å². The van der Waals surface area contributed by atoms with Crippen LogP contribution in [0.5, 0.6) is 0 Å². The van der Waals surface area contributed by atoms with Gasteiger partial charge in [0.15, 0.2) is 0 Å².